The van der Waals surface area contributed by atoms with E-state index in [2.05, 4.69) is 10.2 Å². The third-order valence-electron chi connectivity index (χ3n) is 3.63. The molecule has 1 heterocycles. The molecule has 0 saturated carbocycles. The van der Waals surface area contributed by atoms with Gasteiger partial charge in [-0.15, -0.1) is 0 Å². The van der Waals surface area contributed by atoms with Crippen LogP contribution in [0.15, 0.2) is 24.3 Å². The summed E-state index contributed by atoms with van der Waals surface area (Å²) < 4.78 is 10.3. The topological polar surface area (TPSA) is 67.9 Å². The molecule has 1 aromatic carbocycles. The van der Waals surface area contributed by atoms with Crippen LogP contribution >= 0.6 is 0 Å². The Hall–Kier alpha value is -2.08. The Kier molecular flexibility index (Phi) is 6.87. The van der Waals surface area contributed by atoms with Crippen molar-refractivity contribution in [2.45, 2.75) is 26.2 Å². The van der Waals surface area contributed by atoms with Crippen LogP contribution < -0.4 is 10.2 Å². The minimum atomic E-state index is -0.329. The van der Waals surface area contributed by atoms with Crippen LogP contribution in [0.1, 0.15) is 26.2 Å². The lowest BCUT2D eigenvalue weighted by Gasteiger charge is -2.28. The molecule has 1 saturated heterocycles. The fourth-order valence-electron chi connectivity index (χ4n) is 2.31. The van der Waals surface area contributed by atoms with Crippen molar-refractivity contribution >= 4 is 23.3 Å². The van der Waals surface area contributed by atoms with Gasteiger partial charge in [-0.05, 0) is 30.7 Å². The number of carbonyl (C=O) groups excluding carboxylic acids is 2. The second kappa shape index (κ2) is 9.15. The van der Waals surface area contributed by atoms with Crippen molar-refractivity contribution in [3.63, 3.8) is 0 Å². The highest BCUT2D eigenvalue weighted by Crippen LogP contribution is 2.18. The monoisotopic (exact) mass is 320 g/mol. The third kappa shape index (κ3) is 5.90. The molecule has 1 aliphatic heterocycles. The van der Waals surface area contributed by atoms with E-state index in [-0.39, 0.29) is 18.5 Å². The number of unbranched alkanes of at least 4 members (excludes halogenated alkanes) is 1. The van der Waals surface area contributed by atoms with Crippen LogP contribution in [0.2, 0.25) is 0 Å². The van der Waals surface area contributed by atoms with Gasteiger partial charge in [-0.3, -0.25) is 9.59 Å². The lowest BCUT2D eigenvalue weighted by molar-refractivity contribution is -0.147. The number of benzene rings is 1. The molecule has 23 heavy (non-hydrogen) atoms. The number of rotatable bonds is 7. The van der Waals surface area contributed by atoms with E-state index in [1.165, 1.54) is 0 Å². The molecule has 1 amide bonds. The zero-order chi connectivity index (χ0) is 16.5. The van der Waals surface area contributed by atoms with Crippen LogP contribution in [-0.4, -0.2) is 44.8 Å². The minimum absolute atomic E-state index is 0.242. The van der Waals surface area contributed by atoms with E-state index in [0.29, 0.717) is 12.1 Å². The Morgan fingerprint density at radius 3 is 2.57 bits per heavy atom. The number of anilines is 2. The largest absolute Gasteiger partial charge is 0.456 e. The van der Waals surface area contributed by atoms with Gasteiger partial charge in [-0.25, -0.2) is 0 Å². The van der Waals surface area contributed by atoms with Gasteiger partial charge in [0.25, 0.3) is 5.91 Å². The van der Waals surface area contributed by atoms with Crippen molar-refractivity contribution in [3.8, 4) is 0 Å². The first-order valence-corrected chi connectivity index (χ1v) is 8.07. The average Bonchev–Trinajstić information content (AvgIpc) is 2.59. The van der Waals surface area contributed by atoms with E-state index in [0.717, 1.165) is 44.8 Å². The molecule has 0 aromatic heterocycles. The van der Waals surface area contributed by atoms with Gasteiger partial charge in [-0.1, -0.05) is 13.3 Å². The molecule has 0 unspecified atom stereocenters. The number of carbonyl (C=O) groups is 2. The highest BCUT2D eigenvalue weighted by Gasteiger charge is 2.11. The normalized spacial score (nSPS) is 14.4. The van der Waals surface area contributed by atoms with Gasteiger partial charge in [0.2, 0.25) is 0 Å². The molecule has 6 nitrogen and oxygen atoms in total. The number of hydrogen-bond donors (Lipinski definition) is 1. The third-order valence-corrected chi connectivity index (χ3v) is 3.63. The summed E-state index contributed by atoms with van der Waals surface area (Å²) in [6.45, 7) is 4.98. The summed E-state index contributed by atoms with van der Waals surface area (Å²) in [5.74, 6) is -0.654. The lowest BCUT2D eigenvalue weighted by atomic mass is 10.2. The van der Waals surface area contributed by atoms with Crippen molar-refractivity contribution in [2.75, 3.05) is 43.1 Å². The van der Waals surface area contributed by atoms with Crippen molar-refractivity contribution in [1.29, 1.82) is 0 Å². The minimum Gasteiger partial charge on any atom is -0.456 e. The number of esters is 1. The predicted molar refractivity (Wildman–Crippen MR) is 88.6 cm³/mol. The summed E-state index contributed by atoms with van der Waals surface area (Å²) in [5.41, 5.74) is 1.80. The molecule has 126 valence electrons. The first-order chi connectivity index (χ1) is 11.2. The fraction of sp³-hybridized carbons (Fsp3) is 0.529. The first-order valence-electron chi connectivity index (χ1n) is 8.07. The summed E-state index contributed by atoms with van der Waals surface area (Å²) in [6, 6.07) is 7.63. The van der Waals surface area contributed by atoms with E-state index < -0.39 is 0 Å². The van der Waals surface area contributed by atoms with Gasteiger partial charge < -0.3 is 19.7 Å². The van der Waals surface area contributed by atoms with E-state index in [1.807, 2.05) is 31.2 Å². The number of morpholine rings is 1. The zero-order valence-electron chi connectivity index (χ0n) is 13.5. The molecular weight excluding hydrogens is 296 g/mol. The Balaban J connectivity index is 1.76. The van der Waals surface area contributed by atoms with Crippen LogP contribution in [0.25, 0.3) is 0 Å². The van der Waals surface area contributed by atoms with Crippen LogP contribution in [-0.2, 0) is 19.1 Å². The molecule has 0 radical (unpaired) electrons. The second-order valence-corrected chi connectivity index (χ2v) is 5.46. The SMILES string of the molecule is CCCCC(=O)OCC(=O)Nc1ccc(N2CCOCC2)cc1. The average molecular weight is 320 g/mol. The summed E-state index contributed by atoms with van der Waals surface area (Å²) in [6.07, 6.45) is 2.07. The van der Waals surface area contributed by atoms with E-state index >= 15 is 0 Å². The highest BCUT2D eigenvalue weighted by atomic mass is 16.5. The summed E-state index contributed by atoms with van der Waals surface area (Å²) in [4.78, 5) is 25.4. The number of nitrogens with one attached hydrogen (secondary N) is 1. The van der Waals surface area contributed by atoms with Gasteiger partial charge in [0, 0.05) is 30.9 Å². The Bertz CT molecular complexity index is 510. The fourth-order valence-corrected chi connectivity index (χ4v) is 2.31. The van der Waals surface area contributed by atoms with Crippen LogP contribution in [0.3, 0.4) is 0 Å². The van der Waals surface area contributed by atoms with E-state index in [1.54, 1.807) is 0 Å². The van der Waals surface area contributed by atoms with Gasteiger partial charge >= 0.3 is 5.97 Å². The Labute approximate surface area is 136 Å². The number of hydrogen-bond acceptors (Lipinski definition) is 5. The smallest absolute Gasteiger partial charge is 0.306 e. The standard InChI is InChI=1S/C17H24N2O4/c1-2-3-4-17(21)23-13-16(20)18-14-5-7-15(8-6-14)19-9-11-22-12-10-19/h5-8H,2-4,9-13H2,1H3,(H,18,20). The summed E-state index contributed by atoms with van der Waals surface area (Å²) in [7, 11) is 0. The molecule has 1 fully saturated rings. The lowest BCUT2D eigenvalue weighted by Crippen LogP contribution is -2.36. The number of ether oxygens (including phenoxy) is 2. The molecule has 6 heteroatoms. The van der Waals surface area contributed by atoms with Gasteiger partial charge in [0.1, 0.15) is 0 Å². The van der Waals surface area contributed by atoms with Gasteiger partial charge in [0.05, 0.1) is 13.2 Å². The van der Waals surface area contributed by atoms with Gasteiger partial charge in [-0.2, -0.15) is 0 Å². The van der Waals surface area contributed by atoms with Crippen LogP contribution in [0.5, 0.6) is 0 Å². The van der Waals surface area contributed by atoms with E-state index in [4.69, 9.17) is 9.47 Å². The van der Waals surface area contributed by atoms with Crippen molar-refractivity contribution in [1.82, 2.24) is 0 Å². The predicted octanol–water partition coefficient (Wildman–Crippen LogP) is 2.20. The molecule has 0 aliphatic carbocycles. The Morgan fingerprint density at radius 1 is 1.22 bits per heavy atom. The molecular formula is C17H24N2O4. The van der Waals surface area contributed by atoms with Crippen LogP contribution in [0, 0.1) is 0 Å². The Morgan fingerprint density at radius 2 is 1.91 bits per heavy atom. The molecule has 0 bridgehead atoms. The van der Waals surface area contributed by atoms with Crippen molar-refractivity contribution < 1.29 is 19.1 Å². The summed E-state index contributed by atoms with van der Waals surface area (Å²) >= 11 is 0. The summed E-state index contributed by atoms with van der Waals surface area (Å²) in [5, 5.41) is 2.72. The van der Waals surface area contributed by atoms with Crippen molar-refractivity contribution in [3.05, 3.63) is 24.3 Å². The van der Waals surface area contributed by atoms with Crippen LogP contribution in [0.4, 0.5) is 11.4 Å². The molecule has 0 spiro atoms. The molecule has 0 atom stereocenters. The molecule has 1 aromatic rings. The maximum Gasteiger partial charge on any atom is 0.306 e. The highest BCUT2D eigenvalue weighted by molar-refractivity contribution is 5.92. The number of nitrogens with zero attached hydrogens (tertiary/aromatic N) is 1. The maximum atomic E-state index is 11.8. The van der Waals surface area contributed by atoms with Crippen molar-refractivity contribution in [2.24, 2.45) is 0 Å². The number of amides is 1. The zero-order valence-corrected chi connectivity index (χ0v) is 13.5. The second-order valence-electron chi connectivity index (χ2n) is 5.46. The first kappa shape index (κ1) is 17.3. The van der Waals surface area contributed by atoms with E-state index in [9.17, 15) is 9.59 Å². The molecule has 2 rings (SSSR count). The maximum absolute atomic E-state index is 11.8. The quantitative estimate of drug-likeness (QED) is 0.780. The molecule has 1 N–H and O–H groups in total. The van der Waals surface area contributed by atoms with Gasteiger partial charge in [0.15, 0.2) is 6.61 Å². The molecule has 1 aliphatic rings.